The van der Waals surface area contributed by atoms with Crippen LogP contribution in [-0.2, 0) is 6.54 Å². The van der Waals surface area contributed by atoms with Crippen molar-refractivity contribution in [3.05, 3.63) is 53.1 Å². The van der Waals surface area contributed by atoms with Crippen LogP contribution in [0.1, 0.15) is 21.5 Å². The largest absolute Gasteiger partial charge is 0.504 e. The molecule has 0 bridgehead atoms. The van der Waals surface area contributed by atoms with Gasteiger partial charge in [-0.15, -0.1) is 0 Å². The predicted molar refractivity (Wildman–Crippen MR) is 80.1 cm³/mol. The zero-order valence-corrected chi connectivity index (χ0v) is 11.9. The van der Waals surface area contributed by atoms with Gasteiger partial charge in [-0.25, -0.2) is 4.79 Å². The molecule has 2 rings (SSSR count). The molecule has 0 fully saturated rings. The number of anilines is 1. The summed E-state index contributed by atoms with van der Waals surface area (Å²) in [6, 6.07) is 10.2. The van der Waals surface area contributed by atoms with Gasteiger partial charge in [-0.1, -0.05) is 12.1 Å². The Bertz CT molecular complexity index is 667. The third-order valence-corrected chi connectivity index (χ3v) is 3.25. The van der Waals surface area contributed by atoms with Gasteiger partial charge in [-0.05, 0) is 36.8 Å². The number of carbonyl (C=O) groups is 1. The second-order valence-corrected chi connectivity index (χ2v) is 4.66. The minimum Gasteiger partial charge on any atom is -0.504 e. The van der Waals surface area contributed by atoms with Crippen molar-refractivity contribution in [3.8, 4) is 11.5 Å². The molecule has 0 aromatic heterocycles. The van der Waals surface area contributed by atoms with E-state index in [2.05, 4.69) is 5.32 Å². The number of hydrogen-bond acceptors (Lipinski definition) is 4. The average Bonchev–Trinajstić information content (AvgIpc) is 2.47. The van der Waals surface area contributed by atoms with Crippen molar-refractivity contribution in [2.24, 2.45) is 0 Å². The summed E-state index contributed by atoms with van der Waals surface area (Å²) in [5, 5.41) is 22.1. The fraction of sp³-hybridized carbons (Fsp3) is 0.188. The van der Waals surface area contributed by atoms with Crippen molar-refractivity contribution in [2.45, 2.75) is 13.5 Å². The van der Waals surface area contributed by atoms with Crippen LogP contribution in [0.15, 0.2) is 36.4 Å². The van der Waals surface area contributed by atoms with Crippen molar-refractivity contribution < 1.29 is 19.7 Å². The van der Waals surface area contributed by atoms with Gasteiger partial charge >= 0.3 is 5.97 Å². The van der Waals surface area contributed by atoms with E-state index in [1.807, 2.05) is 6.92 Å². The maximum Gasteiger partial charge on any atom is 0.335 e. The highest BCUT2D eigenvalue weighted by atomic mass is 16.5. The number of aryl methyl sites for hydroxylation is 1. The Hall–Kier alpha value is -2.69. The molecule has 0 spiro atoms. The van der Waals surface area contributed by atoms with Gasteiger partial charge in [0.05, 0.1) is 12.7 Å². The van der Waals surface area contributed by atoms with E-state index in [4.69, 9.17) is 9.84 Å². The molecule has 2 aromatic carbocycles. The van der Waals surface area contributed by atoms with E-state index in [1.54, 1.807) is 36.4 Å². The Morgan fingerprint density at radius 2 is 2.05 bits per heavy atom. The number of benzene rings is 2. The Kier molecular flexibility index (Phi) is 4.33. The lowest BCUT2D eigenvalue weighted by molar-refractivity contribution is 0.0697. The first-order valence-corrected chi connectivity index (χ1v) is 6.45. The summed E-state index contributed by atoms with van der Waals surface area (Å²) in [6.45, 7) is 2.25. The minimum absolute atomic E-state index is 0.104. The molecule has 0 aliphatic heterocycles. The maximum atomic E-state index is 10.9. The first kappa shape index (κ1) is 14.7. The number of hydrogen-bond donors (Lipinski definition) is 3. The zero-order chi connectivity index (χ0) is 15.4. The summed E-state index contributed by atoms with van der Waals surface area (Å²) in [6.07, 6.45) is 0. The number of carboxylic acid groups (broad SMARTS) is 1. The van der Waals surface area contributed by atoms with E-state index in [0.717, 1.165) is 11.3 Å². The number of carboxylic acids is 1. The standard InChI is InChI=1S/C16H17NO4/c1-10-8-11(16(19)20)6-7-13(10)17-9-12-4-3-5-14(21-2)15(12)18/h3-8,17-18H,9H2,1-2H3,(H,19,20). The van der Waals surface area contributed by atoms with Crippen molar-refractivity contribution in [3.63, 3.8) is 0 Å². The number of rotatable bonds is 5. The highest BCUT2D eigenvalue weighted by Crippen LogP contribution is 2.30. The number of aromatic hydroxyl groups is 1. The molecule has 21 heavy (non-hydrogen) atoms. The Balaban J connectivity index is 2.15. The number of aromatic carboxylic acids is 1. The van der Waals surface area contributed by atoms with E-state index in [0.29, 0.717) is 17.9 Å². The molecule has 3 N–H and O–H groups in total. The van der Waals surface area contributed by atoms with Gasteiger partial charge in [0.2, 0.25) is 0 Å². The molecule has 2 aromatic rings. The van der Waals surface area contributed by atoms with Crippen molar-refractivity contribution in [1.82, 2.24) is 0 Å². The van der Waals surface area contributed by atoms with Crippen LogP contribution in [0.2, 0.25) is 0 Å². The van der Waals surface area contributed by atoms with Gasteiger partial charge in [0.25, 0.3) is 0 Å². The van der Waals surface area contributed by atoms with Crippen LogP contribution in [0, 0.1) is 6.92 Å². The first-order chi connectivity index (χ1) is 10.0. The molecule has 0 aliphatic rings. The molecule has 5 heteroatoms. The molecular weight excluding hydrogens is 270 g/mol. The van der Waals surface area contributed by atoms with E-state index >= 15 is 0 Å². The Morgan fingerprint density at radius 1 is 1.29 bits per heavy atom. The summed E-state index contributed by atoms with van der Waals surface area (Å²) >= 11 is 0. The van der Waals surface area contributed by atoms with Crippen molar-refractivity contribution in [2.75, 3.05) is 12.4 Å². The van der Waals surface area contributed by atoms with E-state index in [9.17, 15) is 9.90 Å². The monoisotopic (exact) mass is 287 g/mol. The topological polar surface area (TPSA) is 78.8 Å². The molecule has 5 nitrogen and oxygen atoms in total. The number of phenols is 1. The van der Waals surface area contributed by atoms with Gasteiger partial charge < -0.3 is 20.3 Å². The zero-order valence-electron chi connectivity index (χ0n) is 11.9. The number of para-hydroxylation sites is 1. The van der Waals surface area contributed by atoms with Crippen LogP contribution in [0.3, 0.4) is 0 Å². The number of phenolic OH excluding ortho intramolecular Hbond substituents is 1. The molecule has 0 saturated carbocycles. The number of nitrogens with one attached hydrogen (secondary N) is 1. The van der Waals surface area contributed by atoms with Crippen molar-refractivity contribution >= 4 is 11.7 Å². The predicted octanol–water partition coefficient (Wildman–Crippen LogP) is 3.02. The van der Waals surface area contributed by atoms with Crippen LogP contribution >= 0.6 is 0 Å². The molecule has 0 unspecified atom stereocenters. The lowest BCUT2D eigenvalue weighted by Crippen LogP contribution is -2.03. The van der Waals surface area contributed by atoms with Crippen LogP contribution in [0.25, 0.3) is 0 Å². The van der Waals surface area contributed by atoms with Crippen LogP contribution in [0.4, 0.5) is 5.69 Å². The lowest BCUT2D eigenvalue weighted by Gasteiger charge is -2.12. The summed E-state index contributed by atoms with van der Waals surface area (Å²) in [7, 11) is 1.50. The fourth-order valence-corrected chi connectivity index (χ4v) is 2.06. The maximum absolute atomic E-state index is 10.9. The molecule has 0 atom stereocenters. The average molecular weight is 287 g/mol. The minimum atomic E-state index is -0.949. The smallest absolute Gasteiger partial charge is 0.335 e. The van der Waals surface area contributed by atoms with Gasteiger partial charge in [0.1, 0.15) is 0 Å². The molecular formula is C16H17NO4. The van der Waals surface area contributed by atoms with Gasteiger partial charge in [-0.2, -0.15) is 0 Å². The fourth-order valence-electron chi connectivity index (χ4n) is 2.06. The second kappa shape index (κ2) is 6.17. The van der Waals surface area contributed by atoms with Crippen LogP contribution < -0.4 is 10.1 Å². The third-order valence-electron chi connectivity index (χ3n) is 3.25. The SMILES string of the molecule is COc1cccc(CNc2ccc(C(=O)O)cc2C)c1O. The Morgan fingerprint density at radius 3 is 2.67 bits per heavy atom. The quantitative estimate of drug-likeness (QED) is 0.787. The van der Waals surface area contributed by atoms with Gasteiger partial charge in [0, 0.05) is 17.8 Å². The van der Waals surface area contributed by atoms with Crippen molar-refractivity contribution in [1.29, 1.82) is 0 Å². The first-order valence-electron chi connectivity index (χ1n) is 6.45. The summed E-state index contributed by atoms with van der Waals surface area (Å²) in [5.41, 5.74) is 2.61. The highest BCUT2D eigenvalue weighted by molar-refractivity contribution is 5.88. The number of ether oxygens (including phenoxy) is 1. The molecule has 0 aliphatic carbocycles. The summed E-state index contributed by atoms with van der Waals surface area (Å²) < 4.78 is 5.06. The third kappa shape index (κ3) is 3.25. The molecule has 0 amide bonds. The van der Waals surface area contributed by atoms with E-state index in [1.165, 1.54) is 7.11 Å². The Labute approximate surface area is 122 Å². The summed E-state index contributed by atoms with van der Waals surface area (Å²) in [4.78, 5) is 10.9. The molecule has 110 valence electrons. The number of methoxy groups -OCH3 is 1. The van der Waals surface area contributed by atoms with E-state index < -0.39 is 5.97 Å². The molecule has 0 radical (unpaired) electrons. The molecule has 0 saturated heterocycles. The normalized spacial score (nSPS) is 10.2. The van der Waals surface area contributed by atoms with Crippen LogP contribution in [0.5, 0.6) is 11.5 Å². The summed E-state index contributed by atoms with van der Waals surface area (Å²) in [5.74, 6) is -0.422. The van der Waals surface area contributed by atoms with Crippen LogP contribution in [-0.4, -0.2) is 23.3 Å². The van der Waals surface area contributed by atoms with Gasteiger partial charge in [-0.3, -0.25) is 0 Å². The lowest BCUT2D eigenvalue weighted by atomic mass is 10.1. The van der Waals surface area contributed by atoms with E-state index in [-0.39, 0.29) is 11.3 Å². The molecule has 0 heterocycles. The highest BCUT2D eigenvalue weighted by Gasteiger charge is 2.09. The second-order valence-electron chi connectivity index (χ2n) is 4.66. The van der Waals surface area contributed by atoms with Gasteiger partial charge in [0.15, 0.2) is 11.5 Å².